The average Bonchev–Trinajstić information content (AvgIpc) is 3.14. The molecule has 1 aromatic heterocycles. The highest BCUT2D eigenvalue weighted by Crippen LogP contribution is 2.21. The molecule has 13 heteroatoms. The second-order valence-electron chi connectivity index (χ2n) is 6.99. The molecule has 0 bridgehead atoms. The minimum absolute atomic E-state index is 0.0714. The van der Waals surface area contributed by atoms with Crippen molar-refractivity contribution < 1.29 is 48.4 Å². The SMILES string of the molecule is Cn1c[n+](B(c2c(F)c(F)c(F)c(F)c2F)c2c(F)c(F)c(F)c(F)c2F)c2ccccc21. The molecule has 2 nitrogen and oxygen atoms in total. The molecule has 0 amide bonds. The van der Waals surface area contributed by atoms with Crippen LogP contribution in [0.4, 0.5) is 43.9 Å². The van der Waals surface area contributed by atoms with Crippen LogP contribution in [0.25, 0.3) is 11.0 Å². The van der Waals surface area contributed by atoms with Crippen molar-refractivity contribution >= 4 is 28.8 Å². The van der Waals surface area contributed by atoms with Crippen molar-refractivity contribution in [3.05, 3.63) is 88.8 Å². The van der Waals surface area contributed by atoms with Crippen LogP contribution in [0.5, 0.6) is 0 Å². The fourth-order valence-corrected chi connectivity index (χ4v) is 3.64. The number of hydrogen-bond donors (Lipinski definition) is 0. The Bertz CT molecular complexity index is 1320. The van der Waals surface area contributed by atoms with Gasteiger partial charge in [0.2, 0.25) is 6.33 Å². The first-order valence-corrected chi connectivity index (χ1v) is 8.96. The molecule has 0 aliphatic heterocycles. The molecule has 3 aromatic carbocycles. The zero-order valence-electron chi connectivity index (χ0n) is 16.1. The van der Waals surface area contributed by atoms with Gasteiger partial charge >= 0.3 is 6.85 Å². The topological polar surface area (TPSA) is 8.81 Å². The minimum Gasteiger partial charge on any atom is -0.285 e. The van der Waals surface area contributed by atoms with Crippen molar-refractivity contribution in [1.82, 2.24) is 4.57 Å². The molecule has 0 radical (unpaired) electrons. The Hall–Kier alpha value is -3.51. The second-order valence-corrected chi connectivity index (χ2v) is 6.99. The maximum absolute atomic E-state index is 14.7. The maximum Gasteiger partial charge on any atom is 0.459 e. The van der Waals surface area contributed by atoms with Crippen molar-refractivity contribution in [1.29, 1.82) is 0 Å². The lowest BCUT2D eigenvalue weighted by Gasteiger charge is -2.16. The predicted octanol–water partition coefficient (Wildman–Crippen LogP) is 3.51. The summed E-state index contributed by atoms with van der Waals surface area (Å²) in [5.74, 6) is -25.0. The van der Waals surface area contributed by atoms with Gasteiger partial charge in [-0.25, -0.2) is 48.5 Å². The summed E-state index contributed by atoms with van der Waals surface area (Å²) in [6, 6.07) is 5.55. The van der Waals surface area contributed by atoms with Gasteiger partial charge in [0.1, 0.15) is 0 Å². The number of halogens is 10. The number of hydrogen-bond acceptors (Lipinski definition) is 0. The van der Waals surface area contributed by atoms with E-state index in [9.17, 15) is 43.9 Å². The van der Waals surface area contributed by atoms with Crippen LogP contribution in [-0.4, -0.2) is 11.4 Å². The van der Waals surface area contributed by atoms with Gasteiger partial charge in [-0.15, -0.1) is 0 Å². The van der Waals surface area contributed by atoms with Crippen LogP contribution in [0.15, 0.2) is 30.6 Å². The highest BCUT2D eigenvalue weighted by molar-refractivity contribution is 6.78. The molecular weight excluding hydrogens is 469 g/mol. The van der Waals surface area contributed by atoms with Crippen LogP contribution >= 0.6 is 0 Å². The largest absolute Gasteiger partial charge is 0.459 e. The molecule has 170 valence electrons. The number of aryl methyl sites for hydroxylation is 1. The third-order valence-corrected chi connectivity index (χ3v) is 5.15. The normalized spacial score (nSPS) is 11.5. The number of benzene rings is 3. The molecule has 0 unspecified atom stereocenters. The maximum atomic E-state index is 14.7. The van der Waals surface area contributed by atoms with Crippen molar-refractivity contribution in [2.24, 2.45) is 7.05 Å². The van der Waals surface area contributed by atoms with E-state index >= 15 is 0 Å². The number of aromatic nitrogens is 2. The summed E-state index contributed by atoms with van der Waals surface area (Å²) in [6.45, 7) is -2.68. The van der Waals surface area contributed by atoms with Gasteiger partial charge in [0.15, 0.2) is 69.2 Å². The number of nitrogens with zero attached hydrogens (tertiary/aromatic N) is 2. The molecule has 0 saturated carbocycles. The summed E-state index contributed by atoms with van der Waals surface area (Å²) in [6.07, 6.45) is 0.950. The van der Waals surface area contributed by atoms with Gasteiger partial charge in [-0.05, 0) is 12.1 Å². The first kappa shape index (κ1) is 22.7. The van der Waals surface area contributed by atoms with Crippen molar-refractivity contribution in [2.45, 2.75) is 0 Å². The van der Waals surface area contributed by atoms with E-state index in [1.54, 1.807) is 0 Å². The lowest BCUT2D eigenvalue weighted by atomic mass is 9.49. The van der Waals surface area contributed by atoms with E-state index in [-0.39, 0.29) is 11.0 Å². The van der Waals surface area contributed by atoms with E-state index in [2.05, 4.69) is 0 Å². The first-order valence-electron chi connectivity index (χ1n) is 8.96. The van der Waals surface area contributed by atoms with Crippen molar-refractivity contribution in [2.75, 3.05) is 0 Å². The molecule has 0 N–H and O–H groups in total. The van der Waals surface area contributed by atoms with Crippen LogP contribution in [0.3, 0.4) is 0 Å². The summed E-state index contributed by atoms with van der Waals surface area (Å²) in [4.78, 5) is 0. The molecule has 0 aliphatic carbocycles. The Labute approximate surface area is 178 Å². The highest BCUT2D eigenvalue weighted by atomic mass is 19.2. The number of imidazole rings is 1. The van der Waals surface area contributed by atoms with Gasteiger partial charge < -0.3 is 0 Å². The summed E-state index contributed by atoms with van der Waals surface area (Å²) in [5, 5.41) is 0. The minimum atomic E-state index is -2.68. The Morgan fingerprint density at radius 2 is 0.939 bits per heavy atom. The Morgan fingerprint density at radius 1 is 0.576 bits per heavy atom. The number of rotatable bonds is 3. The van der Waals surface area contributed by atoms with Crippen LogP contribution < -0.4 is 15.4 Å². The zero-order chi connectivity index (χ0) is 24.4. The van der Waals surface area contributed by atoms with Gasteiger partial charge in [0.05, 0.1) is 18.0 Å². The number of fused-ring (bicyclic) bond motifs is 1. The van der Waals surface area contributed by atoms with E-state index in [1.807, 2.05) is 0 Å². The number of para-hydroxylation sites is 2. The molecule has 0 atom stereocenters. The fraction of sp³-hybridized carbons (Fsp3) is 0.0500. The Balaban J connectivity index is 2.23. The molecule has 0 fully saturated rings. The average molecular weight is 477 g/mol. The molecule has 0 spiro atoms. The second kappa shape index (κ2) is 7.82. The van der Waals surface area contributed by atoms with Crippen LogP contribution in [-0.2, 0) is 7.05 Å². The molecule has 1 heterocycles. The predicted molar refractivity (Wildman–Crippen MR) is 96.0 cm³/mol. The van der Waals surface area contributed by atoms with Crippen LogP contribution in [0.2, 0.25) is 0 Å². The van der Waals surface area contributed by atoms with Crippen molar-refractivity contribution in [3.8, 4) is 0 Å². The van der Waals surface area contributed by atoms with E-state index in [0.29, 0.717) is 4.48 Å². The van der Waals surface area contributed by atoms with Gasteiger partial charge in [-0.1, -0.05) is 12.1 Å². The summed E-state index contributed by atoms with van der Waals surface area (Å²) in [5.41, 5.74) is -3.44. The van der Waals surface area contributed by atoms with Gasteiger partial charge in [0, 0.05) is 0 Å². The van der Waals surface area contributed by atoms with Crippen molar-refractivity contribution in [3.63, 3.8) is 0 Å². The standard InChI is InChI=1S/C20H8BF10N2/c1-32-6-33(8-5-3-2-4-7(8)32)21(9-11(22)15(26)19(30)16(27)12(9)23)10-13(24)17(28)20(31)18(29)14(10)25/h2-6H,1H3/q+1. The van der Waals surface area contributed by atoms with E-state index in [1.165, 1.54) is 35.9 Å². The Kier molecular flexibility index (Phi) is 5.37. The third-order valence-electron chi connectivity index (χ3n) is 5.15. The molecule has 0 aliphatic rings. The molecule has 0 saturated heterocycles. The molecule has 33 heavy (non-hydrogen) atoms. The van der Waals surface area contributed by atoms with E-state index in [4.69, 9.17) is 0 Å². The summed E-state index contributed by atoms with van der Waals surface area (Å²) >= 11 is 0. The lowest BCUT2D eigenvalue weighted by Crippen LogP contribution is -2.69. The highest BCUT2D eigenvalue weighted by Gasteiger charge is 2.46. The Morgan fingerprint density at radius 3 is 1.36 bits per heavy atom. The smallest absolute Gasteiger partial charge is 0.285 e. The monoisotopic (exact) mass is 477 g/mol. The summed E-state index contributed by atoms with van der Waals surface area (Å²) < 4.78 is 144. The van der Waals surface area contributed by atoms with Gasteiger partial charge in [0.25, 0.3) is 0 Å². The molecule has 4 rings (SSSR count). The van der Waals surface area contributed by atoms with E-state index in [0.717, 1.165) is 6.33 Å². The lowest BCUT2D eigenvalue weighted by molar-refractivity contribution is -0.504. The quantitative estimate of drug-likeness (QED) is 0.185. The third kappa shape index (κ3) is 3.17. The molecule has 4 aromatic rings. The zero-order valence-corrected chi connectivity index (χ0v) is 16.1. The summed E-state index contributed by atoms with van der Waals surface area (Å²) in [7, 11) is 1.37. The van der Waals surface area contributed by atoms with Gasteiger partial charge in [-0.2, -0.15) is 0 Å². The van der Waals surface area contributed by atoms with Crippen LogP contribution in [0, 0.1) is 58.2 Å². The fourth-order valence-electron chi connectivity index (χ4n) is 3.64. The van der Waals surface area contributed by atoms with Crippen LogP contribution in [0.1, 0.15) is 0 Å². The first-order chi connectivity index (χ1) is 15.5. The molecular formula is C20H8BF10N2+. The van der Waals surface area contributed by atoms with E-state index < -0.39 is 75.9 Å². The van der Waals surface area contributed by atoms with Gasteiger partial charge in [-0.3, -0.25) is 4.48 Å².